The van der Waals surface area contributed by atoms with Crippen LogP contribution in [0.3, 0.4) is 0 Å². The summed E-state index contributed by atoms with van der Waals surface area (Å²) in [4.78, 5) is 0. The second-order valence-corrected chi connectivity index (χ2v) is 6.74. The molecular formula is C11H23O6S+. The molecule has 1 unspecified atom stereocenters. The van der Waals surface area contributed by atoms with E-state index in [1.807, 2.05) is 0 Å². The summed E-state index contributed by atoms with van der Waals surface area (Å²) in [5.41, 5.74) is 0. The molecular weight excluding hydrogens is 260 g/mol. The minimum atomic E-state index is -0.940. The van der Waals surface area contributed by atoms with Crippen molar-refractivity contribution in [3.8, 4) is 0 Å². The smallest absolute Gasteiger partial charge is 0.169 e. The van der Waals surface area contributed by atoms with Gasteiger partial charge in [-0.15, -0.1) is 0 Å². The van der Waals surface area contributed by atoms with Crippen LogP contribution in [0.25, 0.3) is 0 Å². The van der Waals surface area contributed by atoms with E-state index in [0.29, 0.717) is 18.1 Å². The summed E-state index contributed by atoms with van der Waals surface area (Å²) in [6.07, 6.45) is -3.30. The van der Waals surface area contributed by atoms with Gasteiger partial charge >= 0.3 is 0 Å². The van der Waals surface area contributed by atoms with Crippen molar-refractivity contribution in [2.24, 2.45) is 0 Å². The Bertz CT molecular complexity index is 242. The fraction of sp³-hybridized carbons (Fsp3) is 1.00. The van der Waals surface area contributed by atoms with Crippen molar-refractivity contribution in [2.75, 3.05) is 31.3 Å². The highest BCUT2D eigenvalue weighted by molar-refractivity contribution is 7.97. The third kappa shape index (κ3) is 3.80. The second kappa shape index (κ2) is 7.64. The minimum absolute atomic E-state index is 0.216. The van der Waals surface area contributed by atoms with E-state index in [-0.39, 0.29) is 13.2 Å². The average Bonchev–Trinajstić information content (AvgIpc) is 2.61. The lowest BCUT2D eigenvalue weighted by Gasteiger charge is -2.21. The highest BCUT2D eigenvalue weighted by atomic mass is 32.2. The van der Waals surface area contributed by atoms with E-state index in [2.05, 4.69) is 0 Å². The molecule has 0 spiro atoms. The zero-order chi connectivity index (χ0) is 13.7. The molecule has 1 saturated heterocycles. The summed E-state index contributed by atoms with van der Waals surface area (Å²) in [5.74, 6) is 0.679. The molecule has 5 N–H and O–H groups in total. The Morgan fingerprint density at radius 2 is 2.00 bits per heavy atom. The quantitative estimate of drug-likeness (QED) is 0.329. The summed E-state index contributed by atoms with van der Waals surface area (Å²) in [6.45, 7) is 1.68. The van der Waals surface area contributed by atoms with Gasteiger partial charge in [0.25, 0.3) is 0 Å². The topological polar surface area (TPSA) is 110 Å². The molecule has 0 radical (unpaired) electrons. The Morgan fingerprint density at radius 1 is 1.33 bits per heavy atom. The number of hydrogen-bond donors (Lipinski definition) is 5. The predicted molar refractivity (Wildman–Crippen MR) is 68.5 cm³/mol. The van der Waals surface area contributed by atoms with Gasteiger partial charge in [0, 0.05) is 17.5 Å². The van der Waals surface area contributed by atoms with Gasteiger partial charge in [-0.1, -0.05) is 0 Å². The van der Waals surface area contributed by atoms with Crippen LogP contribution in [-0.4, -0.2) is 86.5 Å². The lowest BCUT2D eigenvalue weighted by Crippen LogP contribution is -2.42. The Labute approximate surface area is 110 Å². The van der Waals surface area contributed by atoms with E-state index in [9.17, 15) is 20.4 Å². The zero-order valence-electron chi connectivity index (χ0n) is 10.5. The van der Waals surface area contributed by atoms with Crippen LogP contribution in [0.1, 0.15) is 6.92 Å². The van der Waals surface area contributed by atoms with Crippen LogP contribution in [0.5, 0.6) is 0 Å². The van der Waals surface area contributed by atoms with E-state index in [1.165, 1.54) is 0 Å². The SMILES string of the molecule is CCO[C@H](CO)[C@H](O)C[S+]1C[C@@H](O)[C@H](O)[C@H]1CO. The third-order valence-electron chi connectivity index (χ3n) is 3.14. The summed E-state index contributed by atoms with van der Waals surface area (Å²) in [5, 5.41) is 47.1. The van der Waals surface area contributed by atoms with Crippen molar-refractivity contribution >= 4 is 10.9 Å². The summed E-state index contributed by atoms with van der Waals surface area (Å²) < 4.78 is 5.20. The number of aliphatic hydroxyl groups excluding tert-OH is 5. The van der Waals surface area contributed by atoms with E-state index < -0.39 is 40.6 Å². The van der Waals surface area contributed by atoms with Crippen LogP contribution in [-0.2, 0) is 15.6 Å². The standard InChI is InChI=1S/C11H23O6S/c1-2-17-9(3-12)7(14)5-18-6-8(15)11(16)10(18)4-13/h7-16H,2-6H2,1H3/q+1/t7-,8-,9-,10-,11+,18?/m1/s1. The van der Waals surface area contributed by atoms with E-state index >= 15 is 0 Å². The van der Waals surface area contributed by atoms with Crippen molar-refractivity contribution < 1.29 is 30.3 Å². The molecule has 0 aromatic carbocycles. The van der Waals surface area contributed by atoms with Crippen molar-refractivity contribution in [1.29, 1.82) is 0 Å². The Kier molecular flexibility index (Phi) is 6.86. The van der Waals surface area contributed by atoms with Gasteiger partial charge in [-0.2, -0.15) is 0 Å². The molecule has 1 rings (SSSR count). The molecule has 0 aromatic rings. The van der Waals surface area contributed by atoms with Crippen LogP contribution in [0.4, 0.5) is 0 Å². The average molecular weight is 283 g/mol. The molecule has 6 atom stereocenters. The first-order valence-electron chi connectivity index (χ1n) is 6.08. The van der Waals surface area contributed by atoms with Gasteiger partial charge in [0.15, 0.2) is 5.25 Å². The lowest BCUT2D eigenvalue weighted by atomic mass is 10.2. The van der Waals surface area contributed by atoms with Crippen LogP contribution >= 0.6 is 0 Å². The van der Waals surface area contributed by atoms with Crippen molar-refractivity contribution in [2.45, 2.75) is 36.6 Å². The van der Waals surface area contributed by atoms with E-state index in [0.717, 1.165) is 0 Å². The number of rotatable bonds is 7. The first kappa shape index (κ1) is 16.2. The van der Waals surface area contributed by atoms with E-state index in [1.54, 1.807) is 6.92 Å². The summed E-state index contributed by atoms with van der Waals surface area (Å²) >= 11 is 0. The van der Waals surface area contributed by atoms with Crippen molar-refractivity contribution in [1.82, 2.24) is 0 Å². The number of aliphatic hydroxyl groups is 5. The Morgan fingerprint density at radius 3 is 2.50 bits per heavy atom. The van der Waals surface area contributed by atoms with Crippen molar-refractivity contribution in [3.05, 3.63) is 0 Å². The summed E-state index contributed by atoms with van der Waals surface area (Å²) in [7, 11) is -0.472. The first-order valence-corrected chi connectivity index (χ1v) is 7.71. The fourth-order valence-corrected chi connectivity index (χ4v) is 4.82. The molecule has 1 fully saturated rings. The third-order valence-corrected chi connectivity index (χ3v) is 5.97. The highest BCUT2D eigenvalue weighted by Gasteiger charge is 2.50. The zero-order valence-corrected chi connectivity index (χ0v) is 11.3. The van der Waals surface area contributed by atoms with Gasteiger partial charge < -0.3 is 30.3 Å². The van der Waals surface area contributed by atoms with Gasteiger partial charge in [-0.05, 0) is 6.92 Å². The molecule has 0 amide bonds. The number of ether oxygens (including phenoxy) is 1. The normalized spacial score (nSPS) is 35.7. The van der Waals surface area contributed by atoms with Gasteiger partial charge in [-0.25, -0.2) is 0 Å². The molecule has 0 bridgehead atoms. The monoisotopic (exact) mass is 283 g/mol. The van der Waals surface area contributed by atoms with Gasteiger partial charge in [0.05, 0.1) is 13.2 Å². The molecule has 1 heterocycles. The maximum Gasteiger partial charge on any atom is 0.169 e. The van der Waals surface area contributed by atoms with Crippen molar-refractivity contribution in [3.63, 3.8) is 0 Å². The lowest BCUT2D eigenvalue weighted by molar-refractivity contribution is -0.0500. The molecule has 108 valence electrons. The predicted octanol–water partition coefficient (Wildman–Crippen LogP) is -2.54. The van der Waals surface area contributed by atoms with Gasteiger partial charge in [0.2, 0.25) is 0 Å². The molecule has 1 aliphatic rings. The molecule has 6 nitrogen and oxygen atoms in total. The maximum absolute atomic E-state index is 9.96. The molecule has 1 aliphatic heterocycles. The Hall–Kier alpha value is 0.110. The molecule has 7 heteroatoms. The maximum atomic E-state index is 9.96. The van der Waals surface area contributed by atoms with Crippen LogP contribution in [0, 0.1) is 0 Å². The fourth-order valence-electron chi connectivity index (χ4n) is 2.12. The van der Waals surface area contributed by atoms with Gasteiger partial charge in [0.1, 0.15) is 35.9 Å². The second-order valence-electron chi connectivity index (χ2n) is 4.39. The highest BCUT2D eigenvalue weighted by Crippen LogP contribution is 2.25. The minimum Gasteiger partial charge on any atom is -0.394 e. The molecule has 18 heavy (non-hydrogen) atoms. The number of hydrogen-bond acceptors (Lipinski definition) is 6. The van der Waals surface area contributed by atoms with E-state index in [4.69, 9.17) is 9.84 Å². The largest absolute Gasteiger partial charge is 0.394 e. The van der Waals surface area contributed by atoms with Crippen LogP contribution in [0.15, 0.2) is 0 Å². The van der Waals surface area contributed by atoms with Crippen LogP contribution in [0.2, 0.25) is 0 Å². The Balaban J connectivity index is 2.55. The molecule has 0 saturated carbocycles. The first-order chi connectivity index (χ1) is 8.54. The molecule has 0 aromatic heterocycles. The van der Waals surface area contributed by atoms with Gasteiger partial charge in [-0.3, -0.25) is 0 Å². The summed E-state index contributed by atoms with van der Waals surface area (Å²) in [6, 6.07) is 0. The van der Waals surface area contributed by atoms with Crippen LogP contribution < -0.4 is 0 Å². The molecule has 0 aliphatic carbocycles.